The van der Waals surface area contributed by atoms with Gasteiger partial charge in [0.2, 0.25) is 10.9 Å². The summed E-state index contributed by atoms with van der Waals surface area (Å²) < 4.78 is 76.1. The summed E-state index contributed by atoms with van der Waals surface area (Å²) in [5, 5.41) is 15.7. The highest BCUT2D eigenvalue weighted by Crippen LogP contribution is 2.45. The van der Waals surface area contributed by atoms with Gasteiger partial charge in [0, 0.05) is 72.7 Å². The number of aromatic nitrogens is 2. The maximum atomic E-state index is 14.3. The van der Waals surface area contributed by atoms with Crippen LogP contribution in [-0.2, 0) is 42.3 Å². The van der Waals surface area contributed by atoms with Gasteiger partial charge in [0.15, 0.2) is 35.3 Å². The van der Waals surface area contributed by atoms with E-state index in [1.165, 1.54) is 40.2 Å². The molecule has 2 aliphatic carbocycles. The Hall–Kier alpha value is -8.88. The van der Waals surface area contributed by atoms with Crippen molar-refractivity contribution in [3.63, 3.8) is 0 Å². The van der Waals surface area contributed by atoms with E-state index in [2.05, 4.69) is 34.9 Å². The zero-order valence-electron chi connectivity index (χ0n) is 46.0. The molecule has 5 aromatic carbocycles. The molecule has 6 heterocycles. The number of fused-ring (bicyclic) bond motifs is 8. The number of ether oxygens (including phenoxy) is 3. The van der Waals surface area contributed by atoms with E-state index in [1.54, 1.807) is 14.4 Å². The number of carbonyl (C=O) groups excluding carboxylic acids is 4. The largest absolute Gasteiger partial charge is 0.503 e. The maximum Gasteiger partial charge on any atom is 0.276 e. The quantitative estimate of drug-likeness (QED) is 0.105. The first-order valence-corrected chi connectivity index (χ1v) is 28.5. The summed E-state index contributed by atoms with van der Waals surface area (Å²) in [5.41, 5.74) is 0.949. The summed E-state index contributed by atoms with van der Waals surface area (Å²) >= 11 is 0. The minimum absolute atomic E-state index is 0.00691. The van der Waals surface area contributed by atoms with E-state index in [1.807, 2.05) is 66.7 Å². The summed E-state index contributed by atoms with van der Waals surface area (Å²) in [6.07, 6.45) is 6.61. The summed E-state index contributed by atoms with van der Waals surface area (Å²) in [6.45, 7) is 0.796. The fraction of sp³-hybridized carbons (Fsp3) is 0.323. The van der Waals surface area contributed by atoms with Crippen molar-refractivity contribution in [2.24, 2.45) is 11.8 Å². The van der Waals surface area contributed by atoms with Crippen molar-refractivity contribution >= 4 is 23.6 Å². The van der Waals surface area contributed by atoms with Crippen LogP contribution in [0, 0.1) is 35.1 Å². The third-order valence-corrected chi connectivity index (χ3v) is 17.5. The van der Waals surface area contributed by atoms with Gasteiger partial charge >= 0.3 is 0 Å². The van der Waals surface area contributed by atoms with Gasteiger partial charge in [0.05, 0.1) is 26.3 Å². The van der Waals surface area contributed by atoms with Crippen LogP contribution in [0.4, 0.5) is 17.6 Å². The highest BCUT2D eigenvalue weighted by Gasteiger charge is 2.50. The van der Waals surface area contributed by atoms with E-state index < -0.39 is 75.6 Å². The lowest BCUT2D eigenvalue weighted by Crippen LogP contribution is -2.62. The molecule has 0 bridgehead atoms. The van der Waals surface area contributed by atoms with Crippen molar-refractivity contribution in [1.82, 2.24) is 29.6 Å². The topological polar surface area (TPSA) is 191 Å². The smallest absolute Gasteiger partial charge is 0.276 e. The number of halogens is 4. The number of nitrogens with zero attached hydrogens (tertiary/aromatic N) is 4. The molecular formula is C65H60F4N6O10. The number of carbonyl (C=O) groups is 4. The Balaban J connectivity index is 0.000000169. The van der Waals surface area contributed by atoms with E-state index in [9.17, 15) is 51.4 Å². The average Bonchev–Trinajstić information content (AvgIpc) is 1.26. The van der Waals surface area contributed by atoms with Gasteiger partial charge in [-0.25, -0.2) is 17.6 Å². The second-order valence-electron chi connectivity index (χ2n) is 22.5. The van der Waals surface area contributed by atoms with Gasteiger partial charge in [-0.2, -0.15) is 0 Å². The second kappa shape index (κ2) is 24.0. The maximum absolute atomic E-state index is 14.3. The molecule has 4 fully saturated rings. The summed E-state index contributed by atoms with van der Waals surface area (Å²) in [7, 11) is 0. The molecule has 2 aromatic heterocycles. The van der Waals surface area contributed by atoms with Crippen LogP contribution in [0.2, 0.25) is 0 Å². The van der Waals surface area contributed by atoms with Crippen molar-refractivity contribution in [3.8, 4) is 11.5 Å². The molecule has 4 amide bonds. The van der Waals surface area contributed by atoms with Crippen LogP contribution in [-0.4, -0.2) is 85.4 Å². The number of hydrogen-bond donors (Lipinski definition) is 3. The van der Waals surface area contributed by atoms with Crippen LogP contribution in [0.3, 0.4) is 0 Å². The standard InChI is InChI=1S/C36H33F2N3O5.C29H27F2N3O5/c37-27-13-11-25(29(38)16-27)17-39-35(43)28-18-40-19-31-41(30-14-12-24(15-26(30)21-45-31)23-9-5-2-6-10-23)36(44)32(40)34(33(28)42)46-20-22-7-3-1-4-8-22;30-20-8-6-18(22(31)11-20)12-32-28(37)21-13-33-14-24-34(29(38)25(33)27(36)26(21)35)23-9-7-17(10-19(23)15-39-24)16-4-2-1-3-5-16/h1-11,13,16,18,24,26,30-31H,12,14-15,17,19-21H2,(H,39,43);1-6,8,11,13,17,19,23-24,36H,7,9-10,12,14-15H2,(H,32,37). The fourth-order valence-corrected chi connectivity index (χ4v) is 13.2. The summed E-state index contributed by atoms with van der Waals surface area (Å²) in [4.78, 5) is 84.4. The Morgan fingerprint density at radius 1 is 0.565 bits per heavy atom. The molecule has 20 heteroatoms. The van der Waals surface area contributed by atoms with Gasteiger partial charge in [0.1, 0.15) is 41.0 Å². The first kappa shape index (κ1) is 56.6. The van der Waals surface area contributed by atoms with Crippen molar-refractivity contribution < 1.29 is 56.1 Å². The predicted octanol–water partition coefficient (Wildman–Crippen LogP) is 8.93. The molecule has 2 saturated heterocycles. The number of pyridine rings is 2. The summed E-state index contributed by atoms with van der Waals surface area (Å²) in [5.74, 6) is -5.63. The average molecular weight is 1160 g/mol. The number of aromatic hydroxyl groups is 1. The van der Waals surface area contributed by atoms with Crippen LogP contribution >= 0.6 is 0 Å². The van der Waals surface area contributed by atoms with Crippen LogP contribution in [0.15, 0.2) is 149 Å². The first-order chi connectivity index (χ1) is 41.2. The van der Waals surface area contributed by atoms with E-state index in [-0.39, 0.29) is 96.4 Å². The number of hydrogen-bond acceptors (Lipinski definition) is 10. The highest BCUT2D eigenvalue weighted by molar-refractivity contribution is 6.00. The number of benzene rings is 5. The van der Waals surface area contributed by atoms with Crippen LogP contribution in [0.25, 0.3) is 0 Å². The van der Waals surface area contributed by atoms with E-state index >= 15 is 0 Å². The van der Waals surface area contributed by atoms with Crippen LogP contribution in [0.1, 0.15) is 120 Å². The number of amides is 4. The fourth-order valence-electron chi connectivity index (χ4n) is 13.2. The van der Waals surface area contributed by atoms with Gasteiger partial charge in [-0.1, -0.05) is 103 Å². The molecule has 4 aliphatic heterocycles. The SMILES string of the molecule is O=C(NCc1ccc(F)cc1F)c1cn2c(c(O)c1=O)C(=O)N1C(C2)OCC2CC(c3ccccc3)CCC21.O=C(NCc1ccc(F)cc1F)c1cn2c(c(OCc3ccccc3)c1=O)C(=O)N1C(C2)OCC2CC(c3ccccc3)CCC21. The Kier molecular flexibility index (Phi) is 16.0. The number of nitrogens with one attached hydrogen (secondary N) is 2. The Morgan fingerprint density at radius 3 is 1.49 bits per heavy atom. The van der Waals surface area contributed by atoms with Crippen LogP contribution in [0.5, 0.6) is 11.5 Å². The van der Waals surface area contributed by atoms with Crippen molar-refractivity contribution in [2.45, 2.75) is 108 Å². The van der Waals surface area contributed by atoms with E-state index in [0.29, 0.717) is 31.1 Å². The van der Waals surface area contributed by atoms with Gasteiger partial charge in [0.25, 0.3) is 23.6 Å². The molecule has 13 rings (SSSR count). The first-order valence-electron chi connectivity index (χ1n) is 28.5. The molecule has 0 radical (unpaired) electrons. The van der Waals surface area contributed by atoms with E-state index in [4.69, 9.17) is 14.2 Å². The Morgan fingerprint density at radius 2 is 1.01 bits per heavy atom. The van der Waals surface area contributed by atoms with Gasteiger partial charge < -0.3 is 48.9 Å². The molecule has 8 unspecified atom stereocenters. The van der Waals surface area contributed by atoms with Crippen molar-refractivity contribution in [2.75, 3.05) is 13.2 Å². The molecule has 438 valence electrons. The molecule has 3 N–H and O–H groups in total. The second-order valence-corrected chi connectivity index (χ2v) is 22.5. The predicted molar refractivity (Wildman–Crippen MR) is 301 cm³/mol. The molecule has 2 saturated carbocycles. The molecule has 0 spiro atoms. The molecule has 16 nitrogen and oxygen atoms in total. The normalized spacial score (nSPS) is 22.9. The monoisotopic (exact) mass is 1160 g/mol. The Bertz CT molecular complexity index is 3830. The zero-order valence-corrected chi connectivity index (χ0v) is 46.0. The Labute approximate surface area is 485 Å². The van der Waals surface area contributed by atoms with E-state index in [0.717, 1.165) is 62.3 Å². The molecule has 85 heavy (non-hydrogen) atoms. The van der Waals surface area contributed by atoms with Gasteiger partial charge in [-0.3, -0.25) is 28.8 Å². The lowest BCUT2D eigenvalue weighted by molar-refractivity contribution is -0.151. The van der Waals surface area contributed by atoms with Crippen molar-refractivity contribution in [3.05, 3.63) is 234 Å². The molecule has 6 aliphatic rings. The minimum Gasteiger partial charge on any atom is -0.503 e. The third kappa shape index (κ3) is 11.3. The molecule has 8 atom stereocenters. The van der Waals surface area contributed by atoms with Crippen LogP contribution < -0.4 is 26.2 Å². The molecule has 7 aromatic rings. The third-order valence-electron chi connectivity index (χ3n) is 17.5. The summed E-state index contributed by atoms with van der Waals surface area (Å²) in [6, 6.07) is 35.7. The minimum atomic E-state index is -0.993. The highest BCUT2D eigenvalue weighted by atomic mass is 19.1. The number of rotatable bonds is 11. The zero-order chi connectivity index (χ0) is 59.0. The lowest BCUT2D eigenvalue weighted by Gasteiger charge is -2.51. The van der Waals surface area contributed by atoms with Gasteiger partial charge in [-0.15, -0.1) is 0 Å². The van der Waals surface area contributed by atoms with Crippen molar-refractivity contribution in [1.29, 1.82) is 0 Å². The lowest BCUT2D eigenvalue weighted by atomic mass is 9.74. The molecular weight excluding hydrogens is 1100 g/mol. The van der Waals surface area contributed by atoms with Gasteiger partial charge in [-0.05, 0) is 79.2 Å².